The van der Waals surface area contributed by atoms with Gasteiger partial charge in [0.15, 0.2) is 6.54 Å². The Balaban J connectivity index is 0. The molecule has 0 unspecified atom stereocenters. The van der Waals surface area contributed by atoms with Gasteiger partial charge < -0.3 is 20.4 Å². The highest BCUT2D eigenvalue weighted by molar-refractivity contribution is 5.75. The molecule has 0 rings (SSSR count). The van der Waals surface area contributed by atoms with Crippen LogP contribution in [0.4, 0.5) is 0 Å². The quantitative estimate of drug-likeness (QED) is 0.139. The number of carboxylic acid groups (broad SMARTS) is 1. The van der Waals surface area contributed by atoms with Crippen molar-refractivity contribution in [1.29, 1.82) is 0 Å². The highest BCUT2D eigenvalue weighted by atomic mass is 16.4. The zero-order chi connectivity index (χ0) is 22.5. The Hall–Kier alpha value is -1.40. The molecule has 0 aromatic carbocycles. The minimum atomic E-state index is -0.784. The molecule has 0 fully saturated rings. The van der Waals surface area contributed by atoms with Crippen molar-refractivity contribution in [2.45, 2.75) is 103 Å². The van der Waals surface area contributed by atoms with Crippen molar-refractivity contribution in [2.75, 3.05) is 33.7 Å². The van der Waals surface area contributed by atoms with Gasteiger partial charge in [0, 0.05) is 19.4 Å². The van der Waals surface area contributed by atoms with Crippen LogP contribution in [0, 0.1) is 0 Å². The van der Waals surface area contributed by atoms with E-state index in [9.17, 15) is 9.59 Å². The van der Waals surface area contributed by atoms with Crippen LogP contribution in [0.5, 0.6) is 0 Å². The smallest absolute Gasteiger partial charge is 0.359 e. The van der Waals surface area contributed by atoms with Gasteiger partial charge in [0.2, 0.25) is 5.91 Å². The Labute approximate surface area is 191 Å². The Morgan fingerprint density at radius 3 is 1.87 bits per heavy atom. The zero-order valence-electron chi connectivity index (χ0n) is 20.5. The van der Waals surface area contributed by atoms with Gasteiger partial charge in [-0.1, -0.05) is 70.4 Å². The summed E-state index contributed by atoms with van der Waals surface area (Å²) in [5.74, 6) is -0.663. The number of carboxylic acids is 1. The fourth-order valence-corrected chi connectivity index (χ4v) is 3.62. The molecular formula is C25H50N2O4. The van der Waals surface area contributed by atoms with Crippen molar-refractivity contribution in [3.8, 4) is 0 Å². The number of rotatable bonds is 21. The number of carbonyl (C=O) groups excluding carboxylic acids is 1. The third-order valence-corrected chi connectivity index (χ3v) is 5.49. The summed E-state index contributed by atoms with van der Waals surface area (Å²) in [6.45, 7) is 3.76. The zero-order valence-corrected chi connectivity index (χ0v) is 20.5. The maximum atomic E-state index is 11.9. The van der Waals surface area contributed by atoms with Gasteiger partial charge in [-0.3, -0.25) is 4.79 Å². The predicted octanol–water partition coefficient (Wildman–Crippen LogP) is 5.51. The van der Waals surface area contributed by atoms with Crippen molar-refractivity contribution in [2.24, 2.45) is 0 Å². The molecule has 1 amide bonds. The van der Waals surface area contributed by atoms with Crippen LogP contribution in [-0.2, 0) is 9.59 Å². The summed E-state index contributed by atoms with van der Waals surface area (Å²) in [5.41, 5.74) is 0. The topological polar surface area (TPSA) is 96.4 Å². The van der Waals surface area contributed by atoms with Gasteiger partial charge in [0.05, 0.1) is 20.6 Å². The van der Waals surface area contributed by atoms with E-state index in [1.807, 2.05) is 14.1 Å². The summed E-state index contributed by atoms with van der Waals surface area (Å²) in [4.78, 5) is 22.6. The molecule has 0 atom stereocenters. The molecule has 31 heavy (non-hydrogen) atoms. The van der Waals surface area contributed by atoms with Crippen LogP contribution in [0.2, 0.25) is 0 Å². The van der Waals surface area contributed by atoms with E-state index in [2.05, 4.69) is 24.4 Å². The molecule has 184 valence electrons. The Morgan fingerprint density at radius 2 is 1.32 bits per heavy atom. The number of aliphatic carboxylic acids is 1. The number of nitrogens with one attached hydrogen (secondary N) is 1. The lowest BCUT2D eigenvalue weighted by atomic mass is 10.1. The van der Waals surface area contributed by atoms with E-state index in [1.54, 1.807) is 0 Å². The van der Waals surface area contributed by atoms with Crippen LogP contribution in [0.3, 0.4) is 0 Å². The van der Waals surface area contributed by atoms with Gasteiger partial charge in [-0.05, 0) is 32.1 Å². The van der Waals surface area contributed by atoms with Crippen LogP contribution < -0.4 is 5.32 Å². The average Bonchev–Trinajstić information content (AvgIpc) is 2.67. The third kappa shape index (κ3) is 24.7. The maximum Gasteiger partial charge on any atom is 0.359 e. The summed E-state index contributed by atoms with van der Waals surface area (Å²) >= 11 is 0. The standard InChI is InChI=1S/C25H48N2O3.H2O/c1-4-5-6-7-8-9-10-11-12-13-14-15-16-17-18-20-24(28)26-21-19-22-27(2,3)23-25(29)30;/h11-12H,4-10,13-23H2,1-3H3,(H-,26,28,29,30);1H2/b12-11+;. The lowest BCUT2D eigenvalue weighted by Crippen LogP contribution is -2.45. The van der Waals surface area contributed by atoms with E-state index in [0.717, 1.165) is 25.8 Å². The van der Waals surface area contributed by atoms with E-state index >= 15 is 0 Å². The molecule has 0 aliphatic heterocycles. The lowest BCUT2D eigenvalue weighted by molar-refractivity contribution is -0.883. The van der Waals surface area contributed by atoms with Crippen LogP contribution in [0.25, 0.3) is 0 Å². The third-order valence-electron chi connectivity index (χ3n) is 5.49. The number of quaternary nitrogens is 1. The SMILES string of the molecule is CCCCCCCC/C=C/CCCCCCCC(=O)NCCC[N+](C)(C)CC(=O)O.[OH-]. The molecule has 0 spiro atoms. The van der Waals surface area contributed by atoms with E-state index in [1.165, 1.54) is 70.6 Å². The summed E-state index contributed by atoms with van der Waals surface area (Å²) in [6, 6.07) is 0. The van der Waals surface area contributed by atoms with Gasteiger partial charge in [-0.25, -0.2) is 4.79 Å². The first-order chi connectivity index (χ1) is 14.4. The van der Waals surface area contributed by atoms with Crippen LogP contribution in [-0.4, -0.2) is 60.7 Å². The molecule has 0 radical (unpaired) electrons. The van der Waals surface area contributed by atoms with E-state index < -0.39 is 5.97 Å². The van der Waals surface area contributed by atoms with Crippen LogP contribution in [0.15, 0.2) is 12.2 Å². The fraction of sp³-hybridized carbons (Fsp3) is 0.840. The Bertz CT molecular complexity index is 464. The van der Waals surface area contributed by atoms with E-state index in [0.29, 0.717) is 17.4 Å². The minimum Gasteiger partial charge on any atom is -0.870 e. The molecule has 0 bridgehead atoms. The second kappa shape index (κ2) is 21.8. The number of likely N-dealkylation sites (N-methyl/N-ethyl adjacent to an activating group) is 1. The van der Waals surface area contributed by atoms with Crippen molar-refractivity contribution in [3.05, 3.63) is 12.2 Å². The maximum absolute atomic E-state index is 11.9. The molecule has 0 saturated carbocycles. The second-order valence-corrected chi connectivity index (χ2v) is 9.25. The number of hydrogen-bond donors (Lipinski definition) is 2. The van der Waals surface area contributed by atoms with Crippen LogP contribution in [0.1, 0.15) is 103 Å². The average molecular weight is 443 g/mol. The first-order valence-electron chi connectivity index (χ1n) is 12.3. The second-order valence-electron chi connectivity index (χ2n) is 9.25. The van der Waals surface area contributed by atoms with Gasteiger partial charge in [0.25, 0.3) is 0 Å². The van der Waals surface area contributed by atoms with E-state index in [-0.39, 0.29) is 17.9 Å². The highest BCUT2D eigenvalue weighted by Crippen LogP contribution is 2.10. The molecule has 3 N–H and O–H groups in total. The van der Waals surface area contributed by atoms with Crippen LogP contribution >= 0.6 is 0 Å². The Kier molecular flexibility index (Phi) is 22.4. The fourth-order valence-electron chi connectivity index (χ4n) is 3.62. The van der Waals surface area contributed by atoms with E-state index in [4.69, 9.17) is 5.11 Å². The molecule has 0 aromatic heterocycles. The molecule has 0 aliphatic rings. The molecule has 6 nitrogen and oxygen atoms in total. The van der Waals surface area contributed by atoms with Gasteiger partial charge >= 0.3 is 5.97 Å². The monoisotopic (exact) mass is 442 g/mol. The number of unbranched alkanes of at least 4 members (excludes halogenated alkanes) is 11. The highest BCUT2D eigenvalue weighted by Gasteiger charge is 2.18. The molecule has 6 heteroatoms. The number of allylic oxidation sites excluding steroid dienone is 2. The molecular weight excluding hydrogens is 392 g/mol. The molecule has 0 aliphatic carbocycles. The van der Waals surface area contributed by atoms with Gasteiger partial charge in [0.1, 0.15) is 0 Å². The van der Waals surface area contributed by atoms with Crippen molar-refractivity contribution in [3.63, 3.8) is 0 Å². The summed E-state index contributed by atoms with van der Waals surface area (Å²) in [5, 5.41) is 11.8. The molecule has 0 heterocycles. The van der Waals surface area contributed by atoms with Gasteiger partial charge in [-0.2, -0.15) is 0 Å². The number of carbonyl (C=O) groups is 2. The normalized spacial score (nSPS) is 11.5. The van der Waals surface area contributed by atoms with Crippen molar-refractivity contribution >= 4 is 11.9 Å². The van der Waals surface area contributed by atoms with Gasteiger partial charge in [-0.15, -0.1) is 0 Å². The van der Waals surface area contributed by atoms with Crippen molar-refractivity contribution < 1.29 is 24.7 Å². The number of amides is 1. The molecule has 0 saturated heterocycles. The summed E-state index contributed by atoms with van der Waals surface area (Å²) in [7, 11) is 3.81. The first kappa shape index (κ1) is 31.8. The number of nitrogens with zero attached hydrogens (tertiary/aromatic N) is 1. The van der Waals surface area contributed by atoms with Crippen molar-refractivity contribution in [1.82, 2.24) is 5.32 Å². The minimum absolute atomic E-state index is 0. The first-order valence-corrected chi connectivity index (χ1v) is 12.3. The number of hydrogen-bond acceptors (Lipinski definition) is 3. The largest absolute Gasteiger partial charge is 0.870 e. The predicted molar refractivity (Wildman–Crippen MR) is 128 cm³/mol. The summed E-state index contributed by atoms with van der Waals surface area (Å²) < 4.78 is 0.444. The lowest BCUT2D eigenvalue weighted by Gasteiger charge is -2.27. The summed E-state index contributed by atoms with van der Waals surface area (Å²) in [6.07, 6.45) is 22.5. The Morgan fingerprint density at radius 1 is 0.806 bits per heavy atom. The molecule has 0 aromatic rings.